The molecule has 34 heavy (non-hydrogen) atoms. The predicted octanol–water partition coefficient (Wildman–Crippen LogP) is 1.77. The summed E-state index contributed by atoms with van der Waals surface area (Å²) in [6, 6.07) is 8.96. The number of nitrogens with two attached hydrogens (primary N) is 1. The SMILES string of the molecule is COc1cc(C(=O)NCC2(c3ccc4c(c3)OCO4)CCOCC2)cc(OC)c1OCC(N)=O. The number of ether oxygens (including phenoxy) is 6. The summed E-state index contributed by atoms with van der Waals surface area (Å²) in [6.07, 6.45) is 1.50. The van der Waals surface area contributed by atoms with Crippen molar-refractivity contribution in [2.45, 2.75) is 18.3 Å². The van der Waals surface area contributed by atoms with Crippen molar-refractivity contribution in [2.24, 2.45) is 5.73 Å². The second-order valence-electron chi connectivity index (χ2n) is 8.11. The average Bonchev–Trinajstić information content (AvgIpc) is 3.34. The van der Waals surface area contributed by atoms with E-state index in [2.05, 4.69) is 5.32 Å². The second-order valence-corrected chi connectivity index (χ2v) is 8.11. The molecule has 0 spiro atoms. The van der Waals surface area contributed by atoms with Gasteiger partial charge in [0.2, 0.25) is 12.5 Å². The van der Waals surface area contributed by atoms with Crippen LogP contribution in [-0.2, 0) is 14.9 Å². The molecule has 1 saturated heterocycles. The van der Waals surface area contributed by atoms with Gasteiger partial charge in [0.1, 0.15) is 0 Å². The van der Waals surface area contributed by atoms with Crippen LogP contribution in [0.4, 0.5) is 0 Å². The Bertz CT molecular complexity index is 1040. The molecule has 0 bridgehead atoms. The molecule has 0 aliphatic carbocycles. The summed E-state index contributed by atoms with van der Waals surface area (Å²) in [5.74, 6) is 1.18. The highest BCUT2D eigenvalue weighted by molar-refractivity contribution is 5.95. The molecule has 1 fully saturated rings. The van der Waals surface area contributed by atoms with Crippen LogP contribution in [0.5, 0.6) is 28.7 Å². The second kappa shape index (κ2) is 10.1. The molecule has 3 N–H and O–H groups in total. The van der Waals surface area contributed by atoms with Crippen LogP contribution in [0.3, 0.4) is 0 Å². The van der Waals surface area contributed by atoms with Gasteiger partial charge in [0.15, 0.2) is 29.6 Å². The van der Waals surface area contributed by atoms with Gasteiger partial charge in [0.25, 0.3) is 11.8 Å². The number of primary amides is 1. The van der Waals surface area contributed by atoms with Crippen LogP contribution in [0.15, 0.2) is 30.3 Å². The first-order valence-corrected chi connectivity index (χ1v) is 10.9. The zero-order valence-corrected chi connectivity index (χ0v) is 19.2. The Morgan fingerprint density at radius 3 is 2.35 bits per heavy atom. The third-order valence-electron chi connectivity index (χ3n) is 6.10. The van der Waals surface area contributed by atoms with Gasteiger partial charge >= 0.3 is 0 Å². The summed E-state index contributed by atoms with van der Waals surface area (Å²) >= 11 is 0. The summed E-state index contributed by atoms with van der Waals surface area (Å²) in [4.78, 5) is 24.3. The molecule has 0 saturated carbocycles. The smallest absolute Gasteiger partial charge is 0.255 e. The van der Waals surface area contributed by atoms with E-state index in [1.165, 1.54) is 26.4 Å². The van der Waals surface area contributed by atoms with E-state index >= 15 is 0 Å². The summed E-state index contributed by atoms with van der Waals surface area (Å²) in [6.45, 7) is 1.45. The molecule has 182 valence electrons. The van der Waals surface area contributed by atoms with Crippen molar-refractivity contribution in [2.75, 3.05) is 47.4 Å². The van der Waals surface area contributed by atoms with Crippen LogP contribution < -0.4 is 34.7 Å². The first-order valence-electron chi connectivity index (χ1n) is 10.9. The Balaban J connectivity index is 1.55. The molecule has 2 aromatic carbocycles. The van der Waals surface area contributed by atoms with Gasteiger partial charge in [-0.3, -0.25) is 9.59 Å². The highest BCUT2D eigenvalue weighted by Crippen LogP contribution is 2.41. The summed E-state index contributed by atoms with van der Waals surface area (Å²) in [7, 11) is 2.87. The van der Waals surface area contributed by atoms with Gasteiger partial charge in [-0.15, -0.1) is 0 Å². The zero-order valence-electron chi connectivity index (χ0n) is 19.2. The lowest BCUT2D eigenvalue weighted by Gasteiger charge is -2.38. The lowest BCUT2D eigenvalue weighted by Crippen LogP contribution is -2.44. The van der Waals surface area contributed by atoms with Crippen LogP contribution >= 0.6 is 0 Å². The molecule has 2 aliphatic heterocycles. The van der Waals surface area contributed by atoms with Gasteiger partial charge in [-0.2, -0.15) is 0 Å². The molecule has 0 atom stereocenters. The van der Waals surface area contributed by atoms with E-state index in [0.717, 1.165) is 18.4 Å². The molecule has 4 rings (SSSR count). The van der Waals surface area contributed by atoms with Crippen LogP contribution in [0, 0.1) is 0 Å². The van der Waals surface area contributed by atoms with Gasteiger partial charge in [-0.05, 0) is 42.7 Å². The van der Waals surface area contributed by atoms with E-state index in [1.54, 1.807) is 0 Å². The van der Waals surface area contributed by atoms with Crippen molar-refractivity contribution < 1.29 is 38.0 Å². The number of benzene rings is 2. The van der Waals surface area contributed by atoms with Gasteiger partial charge < -0.3 is 39.5 Å². The third kappa shape index (κ3) is 4.81. The molecule has 10 nitrogen and oxygen atoms in total. The molecular weight excluding hydrogens is 444 g/mol. The first-order chi connectivity index (χ1) is 16.5. The fraction of sp³-hybridized carbons (Fsp3) is 0.417. The molecule has 10 heteroatoms. The highest BCUT2D eigenvalue weighted by atomic mass is 16.7. The monoisotopic (exact) mass is 472 g/mol. The molecule has 2 aliphatic rings. The van der Waals surface area contributed by atoms with Gasteiger partial charge in [-0.1, -0.05) is 6.07 Å². The van der Waals surface area contributed by atoms with Crippen LogP contribution in [0.25, 0.3) is 0 Å². The molecule has 0 aromatic heterocycles. The minimum Gasteiger partial charge on any atom is -0.493 e. The van der Waals surface area contributed by atoms with Crippen molar-refractivity contribution >= 4 is 11.8 Å². The number of rotatable bonds is 9. The van der Waals surface area contributed by atoms with Crippen molar-refractivity contribution in [1.29, 1.82) is 0 Å². The van der Waals surface area contributed by atoms with Gasteiger partial charge in [-0.25, -0.2) is 0 Å². The lowest BCUT2D eigenvalue weighted by molar-refractivity contribution is -0.120. The van der Waals surface area contributed by atoms with E-state index in [4.69, 9.17) is 34.2 Å². The number of methoxy groups -OCH3 is 2. The van der Waals surface area contributed by atoms with E-state index in [0.29, 0.717) is 36.8 Å². The maximum Gasteiger partial charge on any atom is 0.255 e. The number of amides is 2. The Morgan fingerprint density at radius 1 is 1.03 bits per heavy atom. The maximum absolute atomic E-state index is 13.1. The van der Waals surface area contributed by atoms with E-state index in [1.807, 2.05) is 18.2 Å². The van der Waals surface area contributed by atoms with Crippen LogP contribution in [-0.4, -0.2) is 59.2 Å². The summed E-state index contributed by atoms with van der Waals surface area (Å²) < 4.78 is 32.7. The summed E-state index contributed by atoms with van der Waals surface area (Å²) in [5, 5.41) is 3.06. The number of nitrogens with one attached hydrogen (secondary N) is 1. The number of carbonyl (C=O) groups excluding carboxylic acids is 2. The predicted molar refractivity (Wildman–Crippen MR) is 121 cm³/mol. The van der Waals surface area contributed by atoms with Crippen molar-refractivity contribution in [3.05, 3.63) is 41.5 Å². The van der Waals surface area contributed by atoms with Crippen LogP contribution in [0.1, 0.15) is 28.8 Å². The van der Waals surface area contributed by atoms with Gasteiger partial charge in [0, 0.05) is 30.7 Å². The lowest BCUT2D eigenvalue weighted by atomic mass is 9.74. The Labute approximate surface area is 197 Å². The Hall–Kier alpha value is -3.66. The fourth-order valence-corrected chi connectivity index (χ4v) is 4.20. The summed E-state index contributed by atoms with van der Waals surface area (Å²) in [5.41, 5.74) is 6.24. The topological polar surface area (TPSA) is 128 Å². The minimum atomic E-state index is -0.642. The van der Waals surface area contributed by atoms with E-state index < -0.39 is 5.91 Å². The van der Waals surface area contributed by atoms with Crippen LogP contribution in [0.2, 0.25) is 0 Å². The largest absolute Gasteiger partial charge is 0.493 e. The molecule has 2 heterocycles. The number of fused-ring (bicyclic) bond motifs is 1. The number of hydrogen-bond acceptors (Lipinski definition) is 8. The molecule has 0 radical (unpaired) electrons. The first kappa shape index (κ1) is 23.5. The minimum absolute atomic E-state index is 0.196. The maximum atomic E-state index is 13.1. The molecule has 0 unspecified atom stereocenters. The van der Waals surface area contributed by atoms with E-state index in [9.17, 15) is 9.59 Å². The Morgan fingerprint density at radius 2 is 1.71 bits per heavy atom. The quantitative estimate of drug-likeness (QED) is 0.565. The van der Waals surface area contributed by atoms with Crippen molar-refractivity contribution in [3.63, 3.8) is 0 Å². The highest BCUT2D eigenvalue weighted by Gasteiger charge is 2.36. The third-order valence-corrected chi connectivity index (χ3v) is 6.10. The van der Waals surface area contributed by atoms with Crippen molar-refractivity contribution in [3.8, 4) is 28.7 Å². The zero-order chi connectivity index (χ0) is 24.1. The average molecular weight is 472 g/mol. The molecule has 2 amide bonds. The molecular formula is C24H28N2O8. The molecule has 2 aromatic rings. The number of hydrogen-bond donors (Lipinski definition) is 2. The standard InChI is InChI=1S/C24H28N2O8/c1-29-19-9-15(10-20(30-2)22(19)32-12-21(25)27)23(28)26-13-24(5-7-31-8-6-24)16-3-4-17-18(11-16)34-14-33-17/h3-4,9-11H,5-8,12-14H2,1-2H3,(H2,25,27)(H,26,28). The van der Waals surface area contributed by atoms with E-state index in [-0.39, 0.29) is 42.0 Å². The Kier molecular flexibility index (Phi) is 6.97. The fourth-order valence-electron chi connectivity index (χ4n) is 4.20. The van der Waals surface area contributed by atoms with Crippen molar-refractivity contribution in [1.82, 2.24) is 5.32 Å². The normalized spacial score (nSPS) is 15.9. The number of carbonyl (C=O) groups is 2. The van der Waals surface area contributed by atoms with Gasteiger partial charge in [0.05, 0.1) is 14.2 Å².